The van der Waals surface area contributed by atoms with Crippen molar-refractivity contribution in [1.82, 2.24) is 9.62 Å². The maximum Gasteiger partial charge on any atom is 0.269 e. The molecule has 3 aromatic rings. The van der Waals surface area contributed by atoms with Crippen molar-refractivity contribution in [2.75, 3.05) is 6.54 Å². The molecule has 0 saturated carbocycles. The van der Waals surface area contributed by atoms with Gasteiger partial charge in [-0.2, -0.15) is 0 Å². The van der Waals surface area contributed by atoms with E-state index in [1.54, 1.807) is 42.5 Å². The summed E-state index contributed by atoms with van der Waals surface area (Å²) in [6.45, 7) is 3.41. The van der Waals surface area contributed by atoms with Crippen LogP contribution in [0.1, 0.15) is 26.3 Å². The van der Waals surface area contributed by atoms with Gasteiger partial charge in [-0.3, -0.25) is 24.0 Å². The van der Waals surface area contributed by atoms with Gasteiger partial charge in [0.25, 0.3) is 21.6 Å². The molecule has 3 aromatic carbocycles. The van der Waals surface area contributed by atoms with E-state index in [0.29, 0.717) is 0 Å². The fourth-order valence-electron chi connectivity index (χ4n) is 3.70. The molecule has 0 aliphatic carbocycles. The van der Waals surface area contributed by atoms with Crippen LogP contribution >= 0.6 is 0 Å². The molecule has 0 unspecified atom stereocenters. The molecular weight excluding hydrogens is 470 g/mol. The van der Waals surface area contributed by atoms with Gasteiger partial charge in [0.2, 0.25) is 5.78 Å². The number of fused-ring (bicyclic) bond motifs is 1. The Kier molecular flexibility index (Phi) is 6.30. The van der Waals surface area contributed by atoms with Gasteiger partial charge < -0.3 is 5.32 Å². The molecule has 0 atom stereocenters. The van der Waals surface area contributed by atoms with Crippen molar-refractivity contribution in [3.63, 3.8) is 0 Å². The third-order valence-corrected chi connectivity index (χ3v) is 7.16. The predicted molar refractivity (Wildman–Crippen MR) is 129 cm³/mol. The first-order valence-electron chi connectivity index (χ1n) is 10.4. The number of Topliss-reactive ketones (excluding diaryl/α,β-unsaturated/α-hetero) is 1. The monoisotopic (exact) mass is 489 g/mol. The number of nitro benzene ring substituents is 1. The number of rotatable bonds is 7. The number of benzene rings is 3. The van der Waals surface area contributed by atoms with E-state index in [2.05, 4.69) is 11.9 Å². The highest BCUT2D eigenvalue weighted by atomic mass is 32.2. The minimum Gasteiger partial charge on any atom is -0.319 e. The van der Waals surface area contributed by atoms with Gasteiger partial charge in [0.05, 0.1) is 22.1 Å². The number of nitro groups is 1. The average Bonchev–Trinajstić information content (AvgIpc) is 2.87. The van der Waals surface area contributed by atoms with E-state index in [9.17, 15) is 28.1 Å². The van der Waals surface area contributed by atoms with Crippen LogP contribution in [0, 0.1) is 10.1 Å². The topological polar surface area (TPSA) is 127 Å². The Labute approximate surface area is 201 Å². The summed E-state index contributed by atoms with van der Waals surface area (Å²) in [5, 5.41) is 13.6. The number of nitrogens with one attached hydrogen (secondary N) is 1. The minimum atomic E-state index is -4.14. The maximum absolute atomic E-state index is 13.6. The molecule has 1 amide bonds. The zero-order valence-corrected chi connectivity index (χ0v) is 19.1. The molecule has 1 N–H and O–H groups in total. The van der Waals surface area contributed by atoms with Crippen LogP contribution < -0.4 is 5.32 Å². The third kappa shape index (κ3) is 4.34. The highest BCUT2D eigenvalue weighted by Crippen LogP contribution is 2.37. The van der Waals surface area contributed by atoms with Gasteiger partial charge in [-0.15, -0.1) is 6.58 Å². The lowest BCUT2D eigenvalue weighted by molar-refractivity contribution is -0.384. The first-order chi connectivity index (χ1) is 16.8. The molecule has 0 fully saturated rings. The number of non-ortho nitro benzene ring substituents is 1. The molecule has 0 aromatic heterocycles. The third-order valence-electron chi connectivity index (χ3n) is 5.34. The van der Waals surface area contributed by atoms with E-state index in [1.807, 2.05) is 0 Å². The highest BCUT2D eigenvalue weighted by molar-refractivity contribution is 7.89. The number of sulfonamides is 1. The summed E-state index contributed by atoms with van der Waals surface area (Å²) < 4.78 is 27.8. The Hall–Kier alpha value is -4.57. The molecule has 0 bridgehead atoms. The Morgan fingerprint density at radius 2 is 1.57 bits per heavy atom. The van der Waals surface area contributed by atoms with E-state index >= 15 is 0 Å². The molecular formula is C25H19N3O6S. The SMILES string of the molecule is C=CCN1C(C(=O)c2ccccc2)=C(NC(=O)c2ccc([N+](=O)[O-])cc2)c2ccccc2S1(=O)=O. The second-order valence-electron chi connectivity index (χ2n) is 7.50. The van der Waals surface area contributed by atoms with Crippen molar-refractivity contribution in [1.29, 1.82) is 0 Å². The van der Waals surface area contributed by atoms with Crippen LogP contribution in [-0.4, -0.2) is 35.9 Å². The van der Waals surface area contributed by atoms with Crippen LogP contribution in [0.4, 0.5) is 5.69 Å². The zero-order valence-electron chi connectivity index (χ0n) is 18.2. The fraction of sp³-hybridized carbons (Fsp3) is 0.0400. The molecule has 9 nitrogen and oxygen atoms in total. The lowest BCUT2D eigenvalue weighted by Crippen LogP contribution is -2.41. The smallest absolute Gasteiger partial charge is 0.269 e. The number of carbonyl (C=O) groups excluding carboxylic acids is 2. The molecule has 0 spiro atoms. The quantitative estimate of drug-likeness (QED) is 0.233. The van der Waals surface area contributed by atoms with Crippen LogP contribution in [0.5, 0.6) is 0 Å². The number of ketones is 1. The van der Waals surface area contributed by atoms with Gasteiger partial charge in [-0.05, 0) is 18.2 Å². The van der Waals surface area contributed by atoms with Crippen molar-refractivity contribution in [3.8, 4) is 0 Å². The maximum atomic E-state index is 13.6. The van der Waals surface area contributed by atoms with E-state index in [1.165, 1.54) is 42.5 Å². The van der Waals surface area contributed by atoms with Crippen LogP contribution in [0.3, 0.4) is 0 Å². The lowest BCUT2D eigenvalue weighted by Gasteiger charge is -2.33. The van der Waals surface area contributed by atoms with E-state index in [4.69, 9.17) is 0 Å². The number of carbonyl (C=O) groups is 2. The lowest BCUT2D eigenvalue weighted by atomic mass is 10.0. The Morgan fingerprint density at radius 1 is 0.943 bits per heavy atom. The van der Waals surface area contributed by atoms with Crippen molar-refractivity contribution >= 4 is 33.1 Å². The Morgan fingerprint density at radius 3 is 2.20 bits per heavy atom. The van der Waals surface area contributed by atoms with Gasteiger partial charge in [0, 0.05) is 28.8 Å². The van der Waals surface area contributed by atoms with Crippen molar-refractivity contribution in [2.45, 2.75) is 4.90 Å². The van der Waals surface area contributed by atoms with E-state index in [0.717, 1.165) is 4.31 Å². The van der Waals surface area contributed by atoms with Crippen molar-refractivity contribution in [2.24, 2.45) is 0 Å². The van der Waals surface area contributed by atoms with Crippen LogP contribution in [0.15, 0.2) is 102 Å². The number of hydrogen-bond donors (Lipinski definition) is 1. The highest BCUT2D eigenvalue weighted by Gasteiger charge is 2.40. The van der Waals surface area contributed by atoms with Crippen LogP contribution in [0.25, 0.3) is 5.70 Å². The van der Waals surface area contributed by atoms with Gasteiger partial charge >= 0.3 is 0 Å². The number of hydrogen-bond acceptors (Lipinski definition) is 6. The second-order valence-corrected chi connectivity index (χ2v) is 9.33. The summed E-state index contributed by atoms with van der Waals surface area (Å²) in [6.07, 6.45) is 1.35. The molecule has 4 rings (SSSR count). The van der Waals surface area contributed by atoms with E-state index in [-0.39, 0.29) is 45.2 Å². The molecule has 0 radical (unpaired) electrons. The second kappa shape index (κ2) is 9.35. The molecule has 0 saturated heterocycles. The first kappa shape index (κ1) is 23.6. The molecule has 35 heavy (non-hydrogen) atoms. The standard InChI is InChI=1S/C25H19N3O6S/c1-2-16-27-23(24(29)17-8-4-3-5-9-17)22(20-10-6-7-11-21(20)35(27,33)34)26-25(30)18-12-14-19(15-13-18)28(31)32/h2-15H,1,16H2,(H,26,30). The molecule has 1 heterocycles. The fourth-order valence-corrected chi connectivity index (χ4v) is 5.35. The van der Waals surface area contributed by atoms with Gasteiger partial charge in [-0.1, -0.05) is 54.6 Å². The van der Waals surface area contributed by atoms with Gasteiger partial charge in [0.1, 0.15) is 5.70 Å². The van der Waals surface area contributed by atoms with Crippen LogP contribution in [-0.2, 0) is 10.0 Å². The van der Waals surface area contributed by atoms with Gasteiger partial charge in [-0.25, -0.2) is 8.42 Å². The van der Waals surface area contributed by atoms with Gasteiger partial charge in [0.15, 0.2) is 0 Å². The molecule has 176 valence electrons. The summed E-state index contributed by atoms with van der Waals surface area (Å²) in [4.78, 5) is 37.0. The Balaban J connectivity index is 1.91. The zero-order chi connectivity index (χ0) is 25.2. The van der Waals surface area contributed by atoms with Crippen LogP contribution in [0.2, 0.25) is 0 Å². The predicted octanol–water partition coefficient (Wildman–Crippen LogP) is 3.77. The first-order valence-corrected chi connectivity index (χ1v) is 11.8. The van der Waals surface area contributed by atoms with Crippen molar-refractivity contribution in [3.05, 3.63) is 124 Å². The molecule has 1 aliphatic rings. The summed E-state index contributed by atoms with van der Waals surface area (Å²) in [5.74, 6) is -1.27. The Bertz CT molecular complexity index is 1480. The van der Waals surface area contributed by atoms with E-state index < -0.39 is 26.6 Å². The normalized spacial score (nSPS) is 14.1. The number of amides is 1. The summed E-state index contributed by atoms with van der Waals surface area (Å²) in [7, 11) is -4.14. The largest absolute Gasteiger partial charge is 0.319 e. The molecule has 10 heteroatoms. The summed E-state index contributed by atoms with van der Waals surface area (Å²) in [5.41, 5.74) is 0.0675. The summed E-state index contributed by atoms with van der Waals surface area (Å²) in [6, 6.07) is 19.1. The number of allylic oxidation sites excluding steroid dienone is 1. The number of nitrogens with zero attached hydrogens (tertiary/aromatic N) is 2. The van der Waals surface area contributed by atoms with Crippen molar-refractivity contribution < 1.29 is 22.9 Å². The minimum absolute atomic E-state index is 0.00878. The summed E-state index contributed by atoms with van der Waals surface area (Å²) >= 11 is 0. The molecule has 1 aliphatic heterocycles. The average molecular weight is 490 g/mol.